The van der Waals surface area contributed by atoms with Crippen molar-refractivity contribution in [1.29, 1.82) is 0 Å². The van der Waals surface area contributed by atoms with Crippen LogP contribution in [0.3, 0.4) is 0 Å². The molecular formula is C12H13NO. The normalized spacial score (nSPS) is 11.9. The van der Waals surface area contributed by atoms with Gasteiger partial charge in [-0.25, -0.2) is 0 Å². The van der Waals surface area contributed by atoms with Crippen molar-refractivity contribution < 1.29 is 4.79 Å². The van der Waals surface area contributed by atoms with Crippen molar-refractivity contribution in [3.63, 3.8) is 0 Å². The third-order valence-corrected chi connectivity index (χ3v) is 1.75. The second-order valence-corrected chi connectivity index (χ2v) is 2.77. The summed E-state index contributed by atoms with van der Waals surface area (Å²) in [5.41, 5.74) is 1.22. The van der Waals surface area contributed by atoms with Crippen molar-refractivity contribution in [3.05, 3.63) is 60.5 Å². The molecule has 0 bridgehead atoms. The van der Waals surface area contributed by atoms with E-state index >= 15 is 0 Å². The van der Waals surface area contributed by atoms with Gasteiger partial charge in [0.15, 0.2) is 0 Å². The van der Waals surface area contributed by atoms with Crippen LogP contribution in [0.2, 0.25) is 0 Å². The Hall–Kier alpha value is -1.83. The van der Waals surface area contributed by atoms with Crippen molar-refractivity contribution in [3.8, 4) is 0 Å². The molecule has 0 aliphatic rings. The van der Waals surface area contributed by atoms with Crippen LogP contribution in [0.4, 0.5) is 0 Å². The number of rotatable bonds is 4. The summed E-state index contributed by atoms with van der Waals surface area (Å²) >= 11 is 0. The molecule has 0 radical (unpaired) electrons. The van der Waals surface area contributed by atoms with Gasteiger partial charge >= 0.3 is 0 Å². The van der Waals surface area contributed by atoms with Crippen LogP contribution in [0.25, 0.3) is 0 Å². The smallest absolute Gasteiger partial charge is 0.209 e. The highest BCUT2D eigenvalue weighted by molar-refractivity contribution is 6.09. The lowest BCUT2D eigenvalue weighted by atomic mass is 10.1. The van der Waals surface area contributed by atoms with E-state index in [9.17, 15) is 4.79 Å². The van der Waals surface area contributed by atoms with Crippen molar-refractivity contribution in [2.75, 3.05) is 0 Å². The maximum Gasteiger partial charge on any atom is 0.209 e. The van der Waals surface area contributed by atoms with Gasteiger partial charge in [0.05, 0.1) is 5.69 Å². The summed E-state index contributed by atoms with van der Waals surface area (Å²) in [6.07, 6.45) is 8.63. The van der Waals surface area contributed by atoms with Gasteiger partial charge in [0.25, 0.3) is 0 Å². The number of ketones is 1. The first-order chi connectivity index (χ1) is 6.79. The van der Waals surface area contributed by atoms with E-state index in [0.717, 1.165) is 0 Å². The third-order valence-electron chi connectivity index (χ3n) is 1.75. The SMILES string of the molecule is C=C/C=C(\C=C/C)C(=O)c1ccc[nH]1. The number of Topliss-reactive ketones (excluding diaryl/α,β-unsaturated/α-hetero) is 1. The largest absolute Gasteiger partial charge is 0.359 e. The number of nitrogens with one attached hydrogen (secondary N) is 1. The molecule has 2 nitrogen and oxygen atoms in total. The molecule has 0 amide bonds. The molecule has 0 spiro atoms. The topological polar surface area (TPSA) is 32.9 Å². The Bertz CT molecular complexity index is 369. The van der Waals surface area contributed by atoms with Crippen molar-refractivity contribution in [2.24, 2.45) is 0 Å². The molecule has 14 heavy (non-hydrogen) atoms. The predicted molar refractivity (Wildman–Crippen MR) is 58.2 cm³/mol. The molecule has 1 N–H and O–H groups in total. The second-order valence-electron chi connectivity index (χ2n) is 2.77. The number of carbonyl (C=O) groups is 1. The van der Waals surface area contributed by atoms with Gasteiger partial charge in [0.2, 0.25) is 5.78 Å². The molecule has 0 aliphatic heterocycles. The summed E-state index contributed by atoms with van der Waals surface area (Å²) in [6, 6.07) is 3.55. The van der Waals surface area contributed by atoms with Crippen molar-refractivity contribution in [2.45, 2.75) is 6.92 Å². The zero-order valence-electron chi connectivity index (χ0n) is 8.16. The molecule has 1 aromatic rings. The summed E-state index contributed by atoms with van der Waals surface area (Å²) in [6.45, 7) is 5.45. The zero-order valence-corrected chi connectivity index (χ0v) is 8.16. The Labute approximate surface area is 83.7 Å². The minimum Gasteiger partial charge on any atom is -0.359 e. The quantitative estimate of drug-likeness (QED) is 0.439. The summed E-state index contributed by atoms with van der Waals surface area (Å²) in [5.74, 6) is -0.0204. The Morgan fingerprint density at radius 2 is 2.36 bits per heavy atom. The molecule has 0 atom stereocenters. The molecule has 0 aromatic carbocycles. The maximum atomic E-state index is 11.8. The van der Waals surface area contributed by atoms with Crippen LogP contribution in [0, 0.1) is 0 Å². The summed E-state index contributed by atoms with van der Waals surface area (Å²) in [4.78, 5) is 14.7. The first-order valence-electron chi connectivity index (χ1n) is 4.43. The molecule has 1 aromatic heterocycles. The summed E-state index contributed by atoms with van der Waals surface area (Å²) in [5, 5.41) is 0. The average molecular weight is 187 g/mol. The number of hydrogen-bond acceptors (Lipinski definition) is 1. The molecule has 0 saturated carbocycles. The molecular weight excluding hydrogens is 174 g/mol. The minimum atomic E-state index is -0.0204. The highest BCUT2D eigenvalue weighted by atomic mass is 16.1. The predicted octanol–water partition coefficient (Wildman–Crippen LogP) is 2.89. The van der Waals surface area contributed by atoms with E-state index in [1.54, 1.807) is 36.6 Å². The van der Waals surface area contributed by atoms with Crippen LogP contribution in [-0.2, 0) is 0 Å². The standard InChI is InChI=1S/C12H13NO/c1-3-6-10(7-4-2)12(14)11-8-5-9-13-11/h3-9,13H,1H2,2H3/b7-4-,10-6+. The zero-order chi connectivity index (χ0) is 10.4. The fourth-order valence-corrected chi connectivity index (χ4v) is 1.14. The average Bonchev–Trinajstić information content (AvgIpc) is 2.69. The van der Waals surface area contributed by atoms with E-state index in [1.165, 1.54) is 0 Å². The fraction of sp³-hybridized carbons (Fsp3) is 0.0833. The molecule has 0 fully saturated rings. The van der Waals surface area contributed by atoms with Crippen LogP contribution in [0.1, 0.15) is 17.4 Å². The molecule has 72 valence electrons. The van der Waals surface area contributed by atoms with Crippen LogP contribution in [0.15, 0.2) is 54.8 Å². The number of hydrogen-bond donors (Lipinski definition) is 1. The first kappa shape index (κ1) is 10.3. The Kier molecular flexibility index (Phi) is 3.68. The monoisotopic (exact) mass is 187 g/mol. The third kappa shape index (κ3) is 2.33. The lowest BCUT2D eigenvalue weighted by Crippen LogP contribution is -2.01. The van der Waals surface area contributed by atoms with Crippen molar-refractivity contribution >= 4 is 5.78 Å². The highest BCUT2D eigenvalue weighted by Crippen LogP contribution is 2.07. The van der Waals surface area contributed by atoms with Gasteiger partial charge in [-0.3, -0.25) is 4.79 Å². The van der Waals surface area contributed by atoms with Crippen LogP contribution in [0.5, 0.6) is 0 Å². The van der Waals surface area contributed by atoms with Crippen LogP contribution >= 0.6 is 0 Å². The molecule has 0 aliphatic carbocycles. The number of carbonyl (C=O) groups excluding carboxylic acids is 1. The van der Waals surface area contributed by atoms with Gasteiger partial charge in [-0.05, 0) is 19.1 Å². The summed E-state index contributed by atoms with van der Waals surface area (Å²) < 4.78 is 0. The van der Waals surface area contributed by atoms with Gasteiger partial charge in [-0.1, -0.05) is 30.9 Å². The molecule has 1 rings (SSSR count). The van der Waals surface area contributed by atoms with Gasteiger partial charge in [-0.2, -0.15) is 0 Å². The minimum absolute atomic E-state index is 0.0204. The summed E-state index contributed by atoms with van der Waals surface area (Å²) in [7, 11) is 0. The Morgan fingerprint density at radius 1 is 1.57 bits per heavy atom. The van der Waals surface area contributed by atoms with E-state index in [2.05, 4.69) is 11.6 Å². The Balaban J connectivity index is 2.96. The van der Waals surface area contributed by atoms with E-state index < -0.39 is 0 Å². The molecule has 0 saturated heterocycles. The van der Waals surface area contributed by atoms with Crippen LogP contribution in [-0.4, -0.2) is 10.8 Å². The fourth-order valence-electron chi connectivity index (χ4n) is 1.14. The van der Waals surface area contributed by atoms with Crippen molar-refractivity contribution in [1.82, 2.24) is 4.98 Å². The number of aromatic nitrogens is 1. The van der Waals surface area contributed by atoms with E-state index in [0.29, 0.717) is 11.3 Å². The molecule has 0 unspecified atom stereocenters. The van der Waals surface area contributed by atoms with Gasteiger partial charge in [-0.15, -0.1) is 0 Å². The van der Waals surface area contributed by atoms with E-state index in [4.69, 9.17) is 0 Å². The lowest BCUT2D eigenvalue weighted by Gasteiger charge is -1.97. The first-order valence-corrected chi connectivity index (χ1v) is 4.43. The van der Waals surface area contributed by atoms with Crippen LogP contribution < -0.4 is 0 Å². The van der Waals surface area contributed by atoms with E-state index in [1.807, 2.05) is 13.0 Å². The lowest BCUT2D eigenvalue weighted by molar-refractivity contribution is 0.103. The highest BCUT2D eigenvalue weighted by Gasteiger charge is 2.08. The number of H-pyrrole nitrogens is 1. The molecule has 1 heterocycles. The number of allylic oxidation sites excluding steroid dienone is 5. The molecule has 2 heteroatoms. The number of aromatic amines is 1. The van der Waals surface area contributed by atoms with Gasteiger partial charge in [0.1, 0.15) is 0 Å². The van der Waals surface area contributed by atoms with E-state index in [-0.39, 0.29) is 5.78 Å². The maximum absolute atomic E-state index is 11.8. The second kappa shape index (κ2) is 5.02. The van der Waals surface area contributed by atoms with Gasteiger partial charge < -0.3 is 4.98 Å². The Morgan fingerprint density at radius 3 is 2.86 bits per heavy atom. The van der Waals surface area contributed by atoms with Gasteiger partial charge in [0, 0.05) is 11.8 Å².